The fraction of sp³-hybridized carbons (Fsp3) is 0.667. The van der Waals surface area contributed by atoms with Crippen LogP contribution in [0.1, 0.15) is 19.3 Å². The normalized spacial score (nSPS) is 16.8. The van der Waals surface area contributed by atoms with E-state index in [9.17, 15) is 14.7 Å². The molecule has 0 bridgehead atoms. The van der Waals surface area contributed by atoms with Crippen molar-refractivity contribution in [1.82, 2.24) is 18.7 Å². The third-order valence-electron chi connectivity index (χ3n) is 4.54. The zero-order valence-corrected chi connectivity index (χ0v) is 14.7. The molecule has 1 N–H and O–H groups in total. The second kappa shape index (κ2) is 6.60. The van der Waals surface area contributed by atoms with Crippen LogP contribution in [0.2, 0.25) is 0 Å². The van der Waals surface area contributed by atoms with E-state index in [2.05, 4.69) is 9.88 Å². The number of alkyl halides is 1. The monoisotopic (exact) mass is 355 g/mol. The summed E-state index contributed by atoms with van der Waals surface area (Å²) in [7, 11) is 3.04. The first-order valence-corrected chi connectivity index (χ1v) is 8.64. The zero-order valence-electron chi connectivity index (χ0n) is 13.9. The smallest absolute Gasteiger partial charge is 0.332 e. The van der Waals surface area contributed by atoms with E-state index >= 15 is 0 Å². The van der Waals surface area contributed by atoms with Crippen LogP contribution in [0.4, 0.5) is 5.95 Å². The lowest BCUT2D eigenvalue weighted by molar-refractivity contribution is 0.178. The molecule has 1 atom stereocenters. The second-order valence-electron chi connectivity index (χ2n) is 6.26. The van der Waals surface area contributed by atoms with Gasteiger partial charge in [-0.2, -0.15) is 4.98 Å². The molecule has 1 fully saturated rings. The minimum absolute atomic E-state index is 0.0607. The molecule has 0 aliphatic carbocycles. The molecule has 8 nitrogen and oxygen atoms in total. The number of nitrogens with zero attached hydrogens (tertiary/aromatic N) is 5. The van der Waals surface area contributed by atoms with Crippen molar-refractivity contribution in [3.63, 3.8) is 0 Å². The third kappa shape index (κ3) is 2.73. The molecule has 2 aromatic rings. The van der Waals surface area contributed by atoms with Gasteiger partial charge < -0.3 is 14.6 Å². The molecule has 1 aliphatic heterocycles. The van der Waals surface area contributed by atoms with Crippen LogP contribution in [0.3, 0.4) is 0 Å². The number of imidazole rings is 1. The molecule has 0 radical (unpaired) electrons. The van der Waals surface area contributed by atoms with E-state index in [1.54, 1.807) is 11.6 Å². The highest BCUT2D eigenvalue weighted by molar-refractivity contribution is 6.18. The lowest BCUT2D eigenvalue weighted by atomic mass is 10.1. The Bertz CT molecular complexity index is 863. The number of hydrogen-bond donors (Lipinski definition) is 1. The molecular weight excluding hydrogens is 334 g/mol. The van der Waals surface area contributed by atoms with Gasteiger partial charge in [-0.1, -0.05) is 0 Å². The van der Waals surface area contributed by atoms with Crippen molar-refractivity contribution in [3.8, 4) is 0 Å². The third-order valence-corrected chi connectivity index (χ3v) is 4.89. The molecule has 0 saturated carbocycles. The van der Waals surface area contributed by atoms with E-state index in [-0.39, 0.29) is 12.4 Å². The first-order valence-electron chi connectivity index (χ1n) is 8.11. The molecule has 0 spiro atoms. The molecule has 9 heteroatoms. The van der Waals surface area contributed by atoms with Crippen LogP contribution in [0, 0.1) is 0 Å². The maximum Gasteiger partial charge on any atom is 0.332 e. The molecule has 3 rings (SSSR count). The molecule has 2 aromatic heterocycles. The summed E-state index contributed by atoms with van der Waals surface area (Å²) < 4.78 is 4.14. The van der Waals surface area contributed by atoms with Crippen LogP contribution in [-0.2, 0) is 20.6 Å². The number of aliphatic hydroxyl groups excluding tert-OH is 1. The summed E-state index contributed by atoms with van der Waals surface area (Å²) in [6, 6.07) is 0. The number of halogens is 1. The summed E-state index contributed by atoms with van der Waals surface area (Å²) in [5.41, 5.74) is -0.166. The van der Waals surface area contributed by atoms with Gasteiger partial charge in [-0.15, -0.1) is 11.6 Å². The van der Waals surface area contributed by atoms with Crippen molar-refractivity contribution in [3.05, 3.63) is 20.8 Å². The Morgan fingerprint density at radius 1 is 1.17 bits per heavy atom. The number of rotatable bonds is 4. The van der Waals surface area contributed by atoms with Crippen LogP contribution in [0.15, 0.2) is 9.59 Å². The van der Waals surface area contributed by atoms with Crippen LogP contribution >= 0.6 is 11.6 Å². The van der Waals surface area contributed by atoms with Gasteiger partial charge in [-0.25, -0.2) is 4.79 Å². The molecule has 0 aromatic carbocycles. The van der Waals surface area contributed by atoms with Gasteiger partial charge in [-0.05, 0) is 19.3 Å². The van der Waals surface area contributed by atoms with Crippen molar-refractivity contribution >= 4 is 28.7 Å². The Labute approximate surface area is 143 Å². The Hall–Kier alpha value is -1.80. The van der Waals surface area contributed by atoms with Gasteiger partial charge in [0, 0.05) is 27.2 Å². The summed E-state index contributed by atoms with van der Waals surface area (Å²) in [5.74, 6) is 0.678. The van der Waals surface area contributed by atoms with E-state index in [1.165, 1.54) is 18.0 Å². The Morgan fingerprint density at radius 3 is 2.46 bits per heavy atom. The Kier molecular flexibility index (Phi) is 4.69. The maximum atomic E-state index is 12.6. The first kappa shape index (κ1) is 17.0. The fourth-order valence-corrected chi connectivity index (χ4v) is 3.30. The summed E-state index contributed by atoms with van der Waals surface area (Å²) >= 11 is 5.75. The largest absolute Gasteiger partial charge is 0.390 e. The number of aromatic nitrogens is 4. The van der Waals surface area contributed by atoms with Gasteiger partial charge >= 0.3 is 5.69 Å². The van der Waals surface area contributed by atoms with Crippen molar-refractivity contribution in [1.29, 1.82) is 0 Å². The number of hydrogen-bond acceptors (Lipinski definition) is 5. The summed E-state index contributed by atoms with van der Waals surface area (Å²) in [5, 5.41) is 10.0. The maximum absolute atomic E-state index is 12.6. The van der Waals surface area contributed by atoms with E-state index in [0.29, 0.717) is 17.1 Å². The molecule has 1 unspecified atom stereocenters. The van der Waals surface area contributed by atoms with E-state index in [0.717, 1.165) is 30.5 Å². The van der Waals surface area contributed by atoms with Crippen LogP contribution in [-0.4, -0.2) is 48.9 Å². The average molecular weight is 356 g/mol. The van der Waals surface area contributed by atoms with Crippen molar-refractivity contribution in [2.24, 2.45) is 14.1 Å². The summed E-state index contributed by atoms with van der Waals surface area (Å²) in [4.78, 5) is 31.5. The fourth-order valence-electron chi connectivity index (χ4n) is 3.20. The highest BCUT2D eigenvalue weighted by Gasteiger charge is 2.24. The standard InChI is InChI=1S/C15H22ClN5O3/c1-18-12-11(13(23)19(2)15(18)24)21(9-10(22)8-16)14(17-12)20-6-4-3-5-7-20/h10,22H,3-9H2,1-2H3. The number of aryl methyl sites for hydroxylation is 1. The molecule has 1 saturated heterocycles. The summed E-state index contributed by atoms with van der Waals surface area (Å²) in [6.07, 6.45) is 2.48. The zero-order chi connectivity index (χ0) is 17.4. The van der Waals surface area contributed by atoms with Gasteiger partial charge in [0.05, 0.1) is 18.5 Å². The van der Waals surface area contributed by atoms with Gasteiger partial charge in [-0.3, -0.25) is 13.9 Å². The highest BCUT2D eigenvalue weighted by atomic mass is 35.5. The lowest BCUT2D eigenvalue weighted by Crippen LogP contribution is -2.38. The van der Waals surface area contributed by atoms with Crippen LogP contribution < -0.4 is 16.1 Å². The van der Waals surface area contributed by atoms with Crippen molar-refractivity contribution < 1.29 is 5.11 Å². The van der Waals surface area contributed by atoms with Gasteiger partial charge in [0.2, 0.25) is 5.95 Å². The molecule has 0 amide bonds. The van der Waals surface area contributed by atoms with E-state index in [1.807, 2.05) is 0 Å². The quantitative estimate of drug-likeness (QED) is 0.782. The van der Waals surface area contributed by atoms with Gasteiger partial charge in [0.15, 0.2) is 11.2 Å². The van der Waals surface area contributed by atoms with E-state index < -0.39 is 17.4 Å². The van der Waals surface area contributed by atoms with Gasteiger partial charge in [0.1, 0.15) is 0 Å². The second-order valence-corrected chi connectivity index (χ2v) is 6.56. The Balaban J connectivity index is 2.28. The molecule has 132 valence electrons. The van der Waals surface area contributed by atoms with Gasteiger partial charge in [0.25, 0.3) is 5.56 Å². The molecule has 1 aliphatic rings. The molecular formula is C15H22ClN5O3. The topological polar surface area (TPSA) is 85.3 Å². The SMILES string of the molecule is Cn1c(=O)c2c(nc(N3CCCCC3)n2CC(O)CCl)n(C)c1=O. The minimum Gasteiger partial charge on any atom is -0.390 e. The minimum atomic E-state index is -0.797. The molecule has 3 heterocycles. The number of piperidine rings is 1. The lowest BCUT2D eigenvalue weighted by Gasteiger charge is -2.28. The van der Waals surface area contributed by atoms with E-state index in [4.69, 9.17) is 11.6 Å². The van der Waals surface area contributed by atoms with Crippen LogP contribution in [0.5, 0.6) is 0 Å². The predicted octanol–water partition coefficient (Wildman–Crippen LogP) is 0.0237. The number of fused-ring (bicyclic) bond motifs is 1. The summed E-state index contributed by atoms with van der Waals surface area (Å²) in [6.45, 7) is 1.85. The predicted molar refractivity (Wildman–Crippen MR) is 93.0 cm³/mol. The highest BCUT2D eigenvalue weighted by Crippen LogP contribution is 2.23. The van der Waals surface area contributed by atoms with Crippen LogP contribution in [0.25, 0.3) is 11.2 Å². The average Bonchev–Trinajstić information content (AvgIpc) is 2.98. The first-order chi connectivity index (χ1) is 11.5. The Morgan fingerprint density at radius 2 is 1.83 bits per heavy atom. The van der Waals surface area contributed by atoms with Crippen molar-refractivity contribution in [2.45, 2.75) is 31.9 Å². The number of anilines is 1. The number of aliphatic hydroxyl groups is 1. The molecule has 24 heavy (non-hydrogen) atoms. The van der Waals surface area contributed by atoms with Crippen molar-refractivity contribution in [2.75, 3.05) is 23.9 Å².